The topological polar surface area (TPSA) is 86.3 Å². The van der Waals surface area contributed by atoms with Crippen molar-refractivity contribution in [3.8, 4) is 0 Å². The van der Waals surface area contributed by atoms with Gasteiger partial charge in [0.2, 0.25) is 0 Å². The average Bonchev–Trinajstić information content (AvgIpc) is 2.02. The first kappa shape index (κ1) is 15.8. The lowest BCUT2D eigenvalue weighted by Gasteiger charge is -1.95. The van der Waals surface area contributed by atoms with Gasteiger partial charge in [-0.2, -0.15) is 0 Å². The van der Waals surface area contributed by atoms with Crippen LogP contribution in [0.4, 0.5) is 16.1 Å². The Morgan fingerprint density at radius 2 is 1.67 bits per heavy atom. The largest absolute Gasteiger partial charge is 0.364 e. The normalized spacial score (nSPS) is 8.33. The molecule has 0 aliphatic rings. The predicted molar refractivity (Wildman–Crippen MR) is 57.2 cm³/mol. The van der Waals surface area contributed by atoms with Gasteiger partial charge in [0.05, 0.1) is 18.3 Å². The van der Waals surface area contributed by atoms with E-state index in [1.54, 1.807) is 0 Å². The number of halogens is 2. The Morgan fingerprint density at radius 1 is 1.13 bits per heavy atom. The zero-order chi connectivity index (χ0) is 10.0. The maximum absolute atomic E-state index is 10.4. The molecule has 1 rings (SSSR count). The van der Waals surface area contributed by atoms with E-state index in [-0.39, 0.29) is 18.1 Å². The summed E-state index contributed by atoms with van der Waals surface area (Å²) in [5.41, 5.74) is -1.27. The summed E-state index contributed by atoms with van der Waals surface area (Å²) in [6.07, 6.45) is 0. The molecule has 6 nitrogen and oxygen atoms in total. The van der Waals surface area contributed by atoms with Gasteiger partial charge in [0.25, 0.3) is 0 Å². The Balaban J connectivity index is 0. The van der Waals surface area contributed by atoms with Gasteiger partial charge in [0.15, 0.2) is 0 Å². The monoisotopic (exact) mass is 236 g/mol. The average molecular weight is 236 g/mol. The molecule has 0 saturated heterocycles. The molecule has 15 heavy (non-hydrogen) atoms. The zero-order valence-electron chi connectivity index (χ0n) is 6.55. The van der Waals surface area contributed by atoms with Crippen LogP contribution in [0, 0.1) is 20.2 Å². The Hall–Kier alpha value is -1.70. The second kappa shape index (κ2) is 5.92. The minimum absolute atomic E-state index is 0. The summed E-state index contributed by atoms with van der Waals surface area (Å²) in [4.78, 5) is 19.0. The minimum atomic E-state index is -0.875. The van der Waals surface area contributed by atoms with Crippen molar-refractivity contribution < 1.29 is 14.6 Å². The van der Waals surface area contributed by atoms with Gasteiger partial charge >= 0.3 is 11.4 Å². The Morgan fingerprint density at radius 3 is 2.00 bits per heavy atom. The van der Waals surface area contributed by atoms with Crippen LogP contribution in [0.15, 0.2) is 18.2 Å². The van der Waals surface area contributed by atoms with E-state index in [0.29, 0.717) is 0 Å². The highest BCUT2D eigenvalue weighted by Gasteiger charge is 2.26. The van der Waals surface area contributed by atoms with Crippen molar-refractivity contribution in [2.24, 2.45) is 0 Å². The Labute approximate surface area is 90.1 Å². The minimum Gasteiger partial charge on any atom is -0.269 e. The highest BCUT2D eigenvalue weighted by Crippen LogP contribution is 2.33. The molecule has 1 aromatic rings. The fourth-order valence-electron chi connectivity index (χ4n) is 0.832. The number of benzene rings is 1. The van der Waals surface area contributed by atoms with E-state index >= 15 is 0 Å². The van der Waals surface area contributed by atoms with Crippen LogP contribution in [0.3, 0.4) is 0 Å². The maximum atomic E-state index is 10.4. The molecule has 82 valence electrons. The molecule has 0 amide bonds. The van der Waals surface area contributed by atoms with E-state index < -0.39 is 21.2 Å². The lowest BCUT2D eigenvalue weighted by Crippen LogP contribution is -1.96. The quantitative estimate of drug-likeness (QED) is 0.437. The third-order valence-electron chi connectivity index (χ3n) is 1.34. The summed E-state index contributed by atoms with van der Waals surface area (Å²) in [6.45, 7) is 0. The first-order valence-corrected chi connectivity index (χ1v) is 3.49. The molecule has 0 N–H and O–H groups in total. The molecule has 0 fully saturated rings. The number of nitrogens with zero attached hydrogens (tertiary/aromatic N) is 2. The van der Waals surface area contributed by atoms with E-state index in [2.05, 4.69) is 0 Å². The maximum Gasteiger partial charge on any atom is 0.364 e. The van der Waals surface area contributed by atoms with Crippen LogP contribution in [0.1, 0.15) is 0 Å². The van der Waals surface area contributed by atoms with Gasteiger partial charge < -0.3 is 0 Å². The van der Waals surface area contributed by atoms with E-state index in [9.17, 15) is 20.2 Å². The van der Waals surface area contributed by atoms with E-state index in [0.717, 1.165) is 6.07 Å². The van der Waals surface area contributed by atoms with Crippen LogP contribution in [-0.2, 0) is 0 Å². The van der Waals surface area contributed by atoms with Crippen molar-refractivity contribution in [3.05, 3.63) is 43.5 Å². The summed E-state index contributed by atoms with van der Waals surface area (Å²) in [7, 11) is 0. The molecule has 0 heterocycles. The first-order valence-electron chi connectivity index (χ1n) is 3.11. The second-order valence-electron chi connectivity index (χ2n) is 2.12. The lowest BCUT2D eigenvalue weighted by molar-refractivity contribution is -0.422. The molecule has 0 unspecified atom stereocenters. The number of para-hydroxylation sites is 1. The highest BCUT2D eigenvalue weighted by atomic mass is 35.5. The lowest BCUT2D eigenvalue weighted by atomic mass is 10.3. The number of rotatable bonds is 2. The fraction of sp³-hybridized carbons (Fsp3) is 0. The summed E-state index contributed by atoms with van der Waals surface area (Å²) < 4.78 is 0. The van der Waals surface area contributed by atoms with Gasteiger partial charge in [-0.25, -0.2) is 0 Å². The van der Waals surface area contributed by atoms with Crippen molar-refractivity contribution in [3.63, 3.8) is 0 Å². The molecule has 0 bridgehead atoms. The van der Waals surface area contributed by atoms with Crippen molar-refractivity contribution in [1.29, 1.82) is 0 Å². The molecule has 0 aromatic heterocycles. The smallest absolute Gasteiger partial charge is 0.269 e. The van der Waals surface area contributed by atoms with Gasteiger partial charge in [-0.1, -0.05) is 17.7 Å². The van der Waals surface area contributed by atoms with Crippen LogP contribution in [-0.4, -0.2) is 18.3 Å². The zero-order valence-corrected chi connectivity index (χ0v) is 7.30. The van der Waals surface area contributed by atoms with Gasteiger partial charge in [0.1, 0.15) is 5.02 Å². The van der Waals surface area contributed by atoms with Crippen LogP contribution < -0.4 is 0 Å². The Kier molecular flexibility index (Phi) is 6.22. The van der Waals surface area contributed by atoms with Gasteiger partial charge in [-0.3, -0.25) is 24.9 Å². The van der Waals surface area contributed by atoms with Crippen LogP contribution >= 0.6 is 11.6 Å². The van der Waals surface area contributed by atoms with Crippen LogP contribution in [0.25, 0.3) is 0 Å². The van der Waals surface area contributed by atoms with Gasteiger partial charge in [-0.15, -0.1) is 0 Å². The summed E-state index contributed by atoms with van der Waals surface area (Å²) in [5.74, 6) is 0. The predicted octanol–water partition coefficient (Wildman–Crippen LogP) is 1.13. The molecule has 1 aromatic carbocycles. The molecule has 0 atom stereocenters. The highest BCUT2D eigenvalue weighted by molar-refractivity contribution is 6.33. The summed E-state index contributed by atoms with van der Waals surface area (Å²) in [5, 5.41) is 20.4. The second-order valence-corrected chi connectivity index (χ2v) is 2.53. The first-order chi connectivity index (χ1) is 6.04. The SMILES string of the molecule is B.F.O=[N+]([O-])c1cccc(Cl)c1[N+](=O)[O-]. The standard InChI is InChI=1S/C6H3ClN2O4.BH3.FH/c7-4-2-1-3-5(8(10)11)6(4)9(12)13;;/h1-3H;1H3;1H. The molecule has 0 radical (unpaired) electrons. The van der Waals surface area contributed by atoms with E-state index in [1.165, 1.54) is 12.1 Å². The number of hydrogen-bond acceptors (Lipinski definition) is 4. The third kappa shape index (κ3) is 3.17. The van der Waals surface area contributed by atoms with Crippen molar-refractivity contribution in [2.75, 3.05) is 0 Å². The van der Waals surface area contributed by atoms with Crippen molar-refractivity contribution in [2.45, 2.75) is 0 Å². The fourth-order valence-corrected chi connectivity index (χ4v) is 1.07. The summed E-state index contributed by atoms with van der Waals surface area (Å²) in [6, 6.07) is 3.55. The van der Waals surface area contributed by atoms with Crippen molar-refractivity contribution >= 4 is 31.4 Å². The number of nitro benzene ring substituents is 2. The molecule has 0 aliphatic carbocycles. The van der Waals surface area contributed by atoms with E-state index in [4.69, 9.17) is 11.6 Å². The van der Waals surface area contributed by atoms with Crippen LogP contribution in [0.2, 0.25) is 5.02 Å². The molecule has 9 heteroatoms. The molecule has 0 spiro atoms. The summed E-state index contributed by atoms with van der Waals surface area (Å²) >= 11 is 5.42. The Bertz CT molecular complexity index is 389. The van der Waals surface area contributed by atoms with Crippen molar-refractivity contribution in [1.82, 2.24) is 0 Å². The molecule has 0 aliphatic heterocycles. The molecular formula is C6H7BClFN2O4. The molecule has 0 saturated carbocycles. The number of hydrogen-bond donors (Lipinski definition) is 0. The van der Waals surface area contributed by atoms with Gasteiger partial charge in [-0.05, 0) is 6.07 Å². The van der Waals surface area contributed by atoms with E-state index in [1.807, 2.05) is 0 Å². The van der Waals surface area contributed by atoms with Crippen LogP contribution in [0.5, 0.6) is 0 Å². The third-order valence-corrected chi connectivity index (χ3v) is 1.65. The molecular weight excluding hydrogens is 229 g/mol. The number of nitro groups is 2. The van der Waals surface area contributed by atoms with Gasteiger partial charge in [0, 0.05) is 6.07 Å².